The molecule has 1 aliphatic rings. The van der Waals surface area contributed by atoms with Gasteiger partial charge in [0.25, 0.3) is 0 Å². The Balaban J connectivity index is 2.02. The number of rotatable bonds is 2. The highest BCUT2D eigenvalue weighted by Crippen LogP contribution is 2.32. The lowest BCUT2D eigenvalue weighted by atomic mass is 9.91. The number of hydrogen-bond acceptors (Lipinski definition) is 4. The number of nitrogens with zero attached hydrogens (tertiary/aromatic N) is 1. The maximum atomic E-state index is 12.2. The first-order valence-electron chi connectivity index (χ1n) is 10.1. The van der Waals surface area contributed by atoms with E-state index in [1.807, 2.05) is 36.5 Å². The van der Waals surface area contributed by atoms with E-state index >= 15 is 0 Å². The number of carboxylic acids is 2. The summed E-state index contributed by atoms with van der Waals surface area (Å²) in [6.45, 7) is 0.600. The van der Waals surface area contributed by atoms with Gasteiger partial charge >= 0.3 is 11.9 Å². The number of hydrogen-bond donors (Lipinski definition) is 3. The van der Waals surface area contributed by atoms with Crippen molar-refractivity contribution >= 4 is 50.5 Å². The van der Waals surface area contributed by atoms with E-state index in [9.17, 15) is 19.8 Å². The lowest BCUT2D eigenvalue weighted by Crippen LogP contribution is -2.20. The first-order valence-corrected chi connectivity index (χ1v) is 10.1. The molecule has 0 aliphatic carbocycles. The van der Waals surface area contributed by atoms with Crippen LogP contribution in [0, 0.1) is 10.4 Å². The summed E-state index contributed by atoms with van der Waals surface area (Å²) in [5.74, 6) is -2.05. The summed E-state index contributed by atoms with van der Waals surface area (Å²) in [5, 5.41) is 30.0. The molecule has 5 aromatic rings. The summed E-state index contributed by atoms with van der Waals surface area (Å²) in [5.41, 5.74) is 1.38. The average Bonchev–Trinajstić information content (AvgIpc) is 2.80. The van der Waals surface area contributed by atoms with E-state index < -0.39 is 11.9 Å². The number of carbonyl (C=O) groups is 2. The standard InChI is InChI=1S/C26H16N2O4/c29-25(30)19-7-3-15-11-27-9-13-1-5-17(23(19)21(13)15)18-6-2-14-10-28-12-16-4-8-20(26(31)32)24(18)22(14)16/h1-11,28H,12H2,(H,29,30)(H,31,32). The van der Waals surface area contributed by atoms with Gasteiger partial charge in [0.1, 0.15) is 0 Å². The minimum atomic E-state index is -1.03. The molecule has 3 N–H and O–H groups in total. The molecule has 0 radical (unpaired) electrons. The number of benzene rings is 4. The Bertz CT molecular complexity index is 1780. The third-order valence-corrected chi connectivity index (χ3v) is 6.23. The molecule has 6 heteroatoms. The Morgan fingerprint density at radius 1 is 0.719 bits per heavy atom. The molecule has 0 bridgehead atoms. The molecular formula is C26H16N2O4. The molecule has 0 spiro atoms. The van der Waals surface area contributed by atoms with Crippen molar-refractivity contribution < 1.29 is 19.8 Å². The van der Waals surface area contributed by atoms with Gasteiger partial charge in [-0.3, -0.25) is 4.98 Å². The molecule has 6 rings (SSSR count). The van der Waals surface area contributed by atoms with Gasteiger partial charge in [0.15, 0.2) is 0 Å². The third kappa shape index (κ3) is 2.43. The van der Waals surface area contributed by atoms with Gasteiger partial charge in [-0.25, -0.2) is 9.59 Å². The normalized spacial score (nSPS) is 13.8. The van der Waals surface area contributed by atoms with Crippen molar-refractivity contribution in [2.24, 2.45) is 0 Å². The van der Waals surface area contributed by atoms with E-state index in [1.165, 1.54) is 0 Å². The number of aromatic carboxylic acids is 2. The van der Waals surface area contributed by atoms with Crippen molar-refractivity contribution in [3.8, 4) is 0 Å². The zero-order valence-electron chi connectivity index (χ0n) is 16.7. The van der Waals surface area contributed by atoms with Gasteiger partial charge in [-0.1, -0.05) is 36.4 Å². The van der Waals surface area contributed by atoms with Crippen LogP contribution in [0.15, 0.2) is 60.9 Å². The minimum absolute atomic E-state index is 0.176. The molecule has 1 aromatic heterocycles. The highest BCUT2D eigenvalue weighted by molar-refractivity contribution is 6.17. The Morgan fingerprint density at radius 2 is 1.31 bits per heavy atom. The van der Waals surface area contributed by atoms with Gasteiger partial charge in [-0.2, -0.15) is 0 Å². The van der Waals surface area contributed by atoms with Crippen LogP contribution in [0.1, 0.15) is 26.3 Å². The first kappa shape index (κ1) is 18.3. The van der Waals surface area contributed by atoms with Crippen LogP contribution in [0.25, 0.3) is 38.5 Å². The molecule has 0 amide bonds. The predicted molar refractivity (Wildman–Crippen MR) is 121 cm³/mol. The van der Waals surface area contributed by atoms with Crippen molar-refractivity contribution in [2.45, 2.75) is 6.54 Å². The smallest absolute Gasteiger partial charge is 0.336 e. The average molecular weight is 420 g/mol. The van der Waals surface area contributed by atoms with Crippen LogP contribution in [0.3, 0.4) is 0 Å². The minimum Gasteiger partial charge on any atom is -0.478 e. The molecule has 0 saturated carbocycles. The van der Waals surface area contributed by atoms with Crippen molar-refractivity contribution in [2.75, 3.05) is 0 Å². The fourth-order valence-electron chi connectivity index (χ4n) is 4.90. The van der Waals surface area contributed by atoms with Crippen LogP contribution < -0.4 is 10.5 Å². The fraction of sp³-hybridized carbons (Fsp3) is 0.0385. The van der Waals surface area contributed by atoms with Gasteiger partial charge in [0.2, 0.25) is 0 Å². The summed E-state index contributed by atoms with van der Waals surface area (Å²) in [6.07, 6.45) is 5.31. The third-order valence-electron chi connectivity index (χ3n) is 6.23. The molecule has 0 saturated heterocycles. The van der Waals surface area contributed by atoms with Gasteiger partial charge in [-0.15, -0.1) is 0 Å². The zero-order chi connectivity index (χ0) is 22.0. The highest BCUT2D eigenvalue weighted by atomic mass is 16.4. The van der Waals surface area contributed by atoms with E-state index in [1.54, 1.807) is 30.6 Å². The molecule has 1 aliphatic heterocycles. The van der Waals surface area contributed by atoms with E-state index in [0.717, 1.165) is 32.3 Å². The summed E-state index contributed by atoms with van der Waals surface area (Å²) < 4.78 is 0. The molecule has 6 nitrogen and oxygen atoms in total. The summed E-state index contributed by atoms with van der Waals surface area (Å²) >= 11 is 0. The van der Waals surface area contributed by atoms with Crippen LogP contribution in [-0.2, 0) is 6.54 Å². The monoisotopic (exact) mass is 420 g/mol. The number of aromatic nitrogens is 1. The zero-order valence-corrected chi connectivity index (χ0v) is 16.7. The summed E-state index contributed by atoms with van der Waals surface area (Å²) in [6, 6.07) is 14.4. The maximum Gasteiger partial charge on any atom is 0.336 e. The van der Waals surface area contributed by atoms with Gasteiger partial charge in [0.05, 0.1) is 11.1 Å². The number of carboxylic acid groups (broad SMARTS) is 2. The van der Waals surface area contributed by atoms with Gasteiger partial charge in [-0.05, 0) is 38.7 Å². The van der Waals surface area contributed by atoms with Crippen LogP contribution in [0.4, 0.5) is 0 Å². The van der Waals surface area contributed by atoms with Gasteiger partial charge in [0, 0.05) is 52.1 Å². The maximum absolute atomic E-state index is 12.2. The van der Waals surface area contributed by atoms with Crippen LogP contribution in [0.5, 0.6) is 0 Å². The molecule has 0 unspecified atom stereocenters. The van der Waals surface area contributed by atoms with Gasteiger partial charge < -0.3 is 15.5 Å². The molecule has 32 heavy (non-hydrogen) atoms. The lowest BCUT2D eigenvalue weighted by molar-refractivity contribution is 0.0688. The second-order valence-corrected chi connectivity index (χ2v) is 7.92. The number of nitrogens with one attached hydrogen (secondary N) is 1. The van der Waals surface area contributed by atoms with Crippen LogP contribution >= 0.6 is 0 Å². The molecular weight excluding hydrogens is 404 g/mol. The van der Waals surface area contributed by atoms with E-state index in [2.05, 4.69) is 10.3 Å². The molecule has 0 atom stereocenters. The quantitative estimate of drug-likeness (QED) is 0.402. The van der Waals surface area contributed by atoms with Crippen molar-refractivity contribution in [1.29, 1.82) is 0 Å². The SMILES string of the molecule is O=C(O)c1ccc2c3c(ccc(=c4ccc5cncc6ccc(C(=O)O)c4c65)c13)=CNC2. The van der Waals surface area contributed by atoms with Crippen LogP contribution in [0.2, 0.25) is 0 Å². The topological polar surface area (TPSA) is 99.5 Å². The second kappa shape index (κ2) is 6.52. The summed E-state index contributed by atoms with van der Waals surface area (Å²) in [7, 11) is 0. The fourth-order valence-corrected chi connectivity index (χ4v) is 4.90. The van der Waals surface area contributed by atoms with Crippen molar-refractivity contribution in [1.82, 2.24) is 10.3 Å². The predicted octanol–water partition coefficient (Wildman–Crippen LogP) is 3.78. The summed E-state index contributed by atoms with van der Waals surface area (Å²) in [4.78, 5) is 28.6. The van der Waals surface area contributed by atoms with E-state index in [-0.39, 0.29) is 11.1 Å². The number of pyridine rings is 1. The highest BCUT2D eigenvalue weighted by Gasteiger charge is 2.18. The van der Waals surface area contributed by atoms with Crippen LogP contribution in [-0.4, -0.2) is 27.1 Å². The molecule has 154 valence electrons. The van der Waals surface area contributed by atoms with E-state index in [0.29, 0.717) is 27.8 Å². The molecule has 2 heterocycles. The Kier molecular flexibility index (Phi) is 3.74. The molecule has 4 aromatic carbocycles. The Morgan fingerprint density at radius 3 is 2.00 bits per heavy atom. The Hall–Kier alpha value is -4.45. The Labute approximate surface area is 180 Å². The lowest BCUT2D eigenvalue weighted by Gasteiger charge is -2.16. The molecule has 0 fully saturated rings. The second-order valence-electron chi connectivity index (χ2n) is 7.92. The van der Waals surface area contributed by atoms with Crippen molar-refractivity contribution in [3.05, 3.63) is 93.3 Å². The first-order chi connectivity index (χ1) is 15.5. The van der Waals surface area contributed by atoms with Crippen molar-refractivity contribution in [3.63, 3.8) is 0 Å². The largest absolute Gasteiger partial charge is 0.478 e. The van der Waals surface area contributed by atoms with E-state index in [4.69, 9.17) is 0 Å².